The summed E-state index contributed by atoms with van der Waals surface area (Å²) in [4.78, 5) is 46.2. The Hall–Kier alpha value is -3.99. The average molecular weight is 561 g/mol. The van der Waals surface area contributed by atoms with Gasteiger partial charge in [-0.25, -0.2) is 0 Å². The molecule has 5 nitrogen and oxygen atoms in total. The van der Waals surface area contributed by atoms with Crippen LogP contribution in [0.2, 0.25) is 0 Å². The molecule has 216 valence electrons. The van der Waals surface area contributed by atoms with Crippen LogP contribution in [0.4, 0.5) is 11.4 Å². The third-order valence-electron chi connectivity index (χ3n) is 9.30. The zero-order chi connectivity index (χ0) is 30.1. The molecule has 1 fully saturated rings. The summed E-state index contributed by atoms with van der Waals surface area (Å²) in [7, 11) is 0. The number of ketones is 2. The molecule has 3 aromatic rings. The number of carbonyl (C=O) groups is 3. The molecule has 0 aliphatic carbocycles. The lowest BCUT2D eigenvalue weighted by Crippen LogP contribution is -2.51. The fourth-order valence-corrected chi connectivity index (χ4v) is 7.45. The quantitative estimate of drug-likeness (QED) is 0.336. The molecule has 0 unspecified atom stereocenters. The van der Waals surface area contributed by atoms with Gasteiger partial charge in [-0.1, -0.05) is 94.8 Å². The molecule has 1 spiro atoms. The van der Waals surface area contributed by atoms with Gasteiger partial charge in [0.2, 0.25) is 5.91 Å². The Morgan fingerprint density at radius 3 is 2.33 bits per heavy atom. The molecule has 3 heterocycles. The summed E-state index contributed by atoms with van der Waals surface area (Å²) >= 11 is 0. The lowest BCUT2D eigenvalue weighted by atomic mass is 9.63. The van der Waals surface area contributed by atoms with Crippen LogP contribution < -0.4 is 10.2 Å². The number of rotatable bonds is 5. The minimum atomic E-state index is -1.28. The largest absolute Gasteiger partial charge is 0.352 e. The highest BCUT2D eigenvalue weighted by Crippen LogP contribution is 2.59. The predicted octanol–water partition coefficient (Wildman–Crippen LogP) is 7.17. The van der Waals surface area contributed by atoms with E-state index in [1.807, 2.05) is 75.4 Å². The van der Waals surface area contributed by atoms with Gasteiger partial charge in [-0.15, -0.1) is 0 Å². The van der Waals surface area contributed by atoms with Gasteiger partial charge in [0.1, 0.15) is 11.5 Å². The predicted molar refractivity (Wildman–Crippen MR) is 169 cm³/mol. The van der Waals surface area contributed by atoms with Crippen LogP contribution >= 0.6 is 0 Å². The maximum absolute atomic E-state index is 15.0. The minimum Gasteiger partial charge on any atom is -0.352 e. The lowest BCUT2D eigenvalue weighted by Gasteiger charge is -2.40. The van der Waals surface area contributed by atoms with Crippen molar-refractivity contribution in [2.45, 2.75) is 72.4 Å². The van der Waals surface area contributed by atoms with Gasteiger partial charge in [0.05, 0.1) is 12.0 Å². The number of amides is 1. The van der Waals surface area contributed by atoms with E-state index in [2.05, 4.69) is 56.1 Å². The van der Waals surface area contributed by atoms with Crippen LogP contribution in [0.15, 0.2) is 72.8 Å². The van der Waals surface area contributed by atoms with Crippen molar-refractivity contribution in [3.05, 3.63) is 101 Å². The summed E-state index contributed by atoms with van der Waals surface area (Å²) in [5.41, 5.74) is 5.24. The van der Waals surface area contributed by atoms with Crippen molar-refractivity contribution in [2.75, 3.05) is 10.2 Å². The molecular weight excluding hydrogens is 520 g/mol. The van der Waals surface area contributed by atoms with Gasteiger partial charge in [-0.05, 0) is 61.1 Å². The first kappa shape index (κ1) is 28.1. The second-order valence-electron chi connectivity index (χ2n) is 13.8. The van der Waals surface area contributed by atoms with Gasteiger partial charge in [-0.2, -0.15) is 0 Å². The van der Waals surface area contributed by atoms with E-state index in [-0.39, 0.29) is 17.5 Å². The SMILES string of the molecule is CC1=C[C@@H]2N(c3ccc(C)cc31)[C@H](C(=O)C(C)(C)C)[C@H](C(=O)c1ccc(CC(C)C)cc1)[C@]21C(=O)Nc2ccccc21. The molecule has 1 saturated heterocycles. The van der Waals surface area contributed by atoms with Crippen LogP contribution in [0.3, 0.4) is 0 Å². The van der Waals surface area contributed by atoms with E-state index in [0.717, 1.165) is 39.9 Å². The molecule has 0 saturated carbocycles. The molecule has 3 aromatic carbocycles. The van der Waals surface area contributed by atoms with E-state index < -0.39 is 28.8 Å². The number of nitrogens with zero attached hydrogens (tertiary/aromatic N) is 1. The molecule has 5 heteroatoms. The van der Waals surface area contributed by atoms with Crippen LogP contribution in [-0.4, -0.2) is 29.6 Å². The number of aryl methyl sites for hydroxylation is 1. The first-order chi connectivity index (χ1) is 19.9. The highest BCUT2D eigenvalue weighted by molar-refractivity contribution is 6.17. The number of hydrogen-bond acceptors (Lipinski definition) is 4. The van der Waals surface area contributed by atoms with Crippen LogP contribution in [0.1, 0.15) is 74.2 Å². The number of para-hydroxylation sites is 1. The molecule has 0 aromatic heterocycles. The lowest BCUT2D eigenvalue weighted by molar-refractivity contribution is -0.128. The number of benzene rings is 3. The number of allylic oxidation sites excluding steroid dienone is 1. The highest BCUT2D eigenvalue weighted by Gasteiger charge is 2.71. The molecule has 3 aliphatic heterocycles. The standard InChI is InChI=1S/C37H40N2O3/c1-21(2)18-24-13-15-25(16-14-24)33(40)31-32(34(41)36(5,6)7)39-29-17-12-22(3)19-26(29)23(4)20-30(39)37(31)27-10-8-9-11-28(27)38-35(37)42/h8-17,19-21,30-32H,18H2,1-7H3,(H,38,42)/t30-,31+,32-,37+/m0/s1. The fraction of sp³-hybridized carbons (Fsp3) is 0.378. The van der Waals surface area contributed by atoms with E-state index in [4.69, 9.17) is 0 Å². The smallest absolute Gasteiger partial charge is 0.238 e. The number of carbonyl (C=O) groups excluding carboxylic acids is 3. The number of nitrogens with one attached hydrogen (secondary N) is 1. The Kier molecular flexibility index (Phi) is 6.56. The number of fused-ring (bicyclic) bond motifs is 6. The van der Waals surface area contributed by atoms with Gasteiger partial charge in [-0.3, -0.25) is 14.4 Å². The average Bonchev–Trinajstić information content (AvgIpc) is 3.40. The second kappa shape index (κ2) is 9.79. The Bertz CT molecular complexity index is 1640. The Labute approximate surface area is 249 Å². The van der Waals surface area contributed by atoms with Crippen LogP contribution in [0, 0.1) is 24.2 Å². The first-order valence-corrected chi connectivity index (χ1v) is 15.0. The molecule has 4 atom stereocenters. The summed E-state index contributed by atoms with van der Waals surface area (Å²) in [6, 6.07) is 20.3. The Balaban J connectivity index is 1.64. The third-order valence-corrected chi connectivity index (χ3v) is 9.30. The summed E-state index contributed by atoms with van der Waals surface area (Å²) < 4.78 is 0. The first-order valence-electron chi connectivity index (χ1n) is 15.0. The molecule has 0 bridgehead atoms. The third kappa shape index (κ3) is 4.08. The van der Waals surface area contributed by atoms with Gasteiger partial charge in [0, 0.05) is 27.9 Å². The monoisotopic (exact) mass is 560 g/mol. The summed E-state index contributed by atoms with van der Waals surface area (Å²) in [6.07, 6.45) is 3.03. The Morgan fingerprint density at radius 2 is 1.67 bits per heavy atom. The molecule has 42 heavy (non-hydrogen) atoms. The van der Waals surface area contributed by atoms with E-state index in [1.54, 1.807) is 0 Å². The maximum Gasteiger partial charge on any atom is 0.238 e. The van der Waals surface area contributed by atoms with E-state index in [1.165, 1.54) is 0 Å². The zero-order valence-electron chi connectivity index (χ0n) is 25.6. The van der Waals surface area contributed by atoms with Crippen molar-refractivity contribution >= 4 is 34.4 Å². The Morgan fingerprint density at radius 1 is 0.976 bits per heavy atom. The molecular formula is C37H40N2O3. The van der Waals surface area contributed by atoms with Crippen molar-refractivity contribution in [1.29, 1.82) is 0 Å². The van der Waals surface area contributed by atoms with E-state index in [0.29, 0.717) is 17.2 Å². The van der Waals surface area contributed by atoms with Crippen molar-refractivity contribution < 1.29 is 14.4 Å². The topological polar surface area (TPSA) is 66.5 Å². The van der Waals surface area contributed by atoms with Crippen molar-refractivity contribution in [1.82, 2.24) is 0 Å². The van der Waals surface area contributed by atoms with Crippen molar-refractivity contribution in [3.63, 3.8) is 0 Å². The zero-order valence-corrected chi connectivity index (χ0v) is 25.6. The molecule has 6 rings (SSSR count). The molecule has 1 amide bonds. The van der Waals surface area contributed by atoms with Crippen molar-refractivity contribution in [3.8, 4) is 0 Å². The number of anilines is 2. The van der Waals surface area contributed by atoms with Crippen LogP contribution in [-0.2, 0) is 21.4 Å². The minimum absolute atomic E-state index is 0.0455. The number of hydrogen-bond donors (Lipinski definition) is 1. The summed E-state index contributed by atoms with van der Waals surface area (Å²) in [6.45, 7) is 14.2. The van der Waals surface area contributed by atoms with E-state index >= 15 is 0 Å². The fourth-order valence-electron chi connectivity index (χ4n) is 7.45. The molecule has 0 radical (unpaired) electrons. The van der Waals surface area contributed by atoms with Crippen molar-refractivity contribution in [2.24, 2.45) is 17.3 Å². The normalized spacial score (nSPS) is 24.3. The summed E-state index contributed by atoms with van der Waals surface area (Å²) in [5, 5.41) is 3.12. The van der Waals surface area contributed by atoms with Crippen LogP contribution in [0.5, 0.6) is 0 Å². The van der Waals surface area contributed by atoms with Gasteiger partial charge < -0.3 is 10.2 Å². The van der Waals surface area contributed by atoms with Gasteiger partial charge >= 0.3 is 0 Å². The van der Waals surface area contributed by atoms with Gasteiger partial charge in [0.25, 0.3) is 0 Å². The molecule has 1 N–H and O–H groups in total. The molecule has 3 aliphatic rings. The maximum atomic E-state index is 15.0. The van der Waals surface area contributed by atoms with Crippen LogP contribution in [0.25, 0.3) is 5.57 Å². The summed E-state index contributed by atoms with van der Waals surface area (Å²) in [5.74, 6) is -0.875. The highest BCUT2D eigenvalue weighted by atomic mass is 16.2. The number of Topliss-reactive ketones (excluding diaryl/α,β-unsaturated/α-hetero) is 2. The van der Waals surface area contributed by atoms with E-state index in [9.17, 15) is 14.4 Å². The second-order valence-corrected chi connectivity index (χ2v) is 13.8. The van der Waals surface area contributed by atoms with Gasteiger partial charge in [0.15, 0.2) is 11.6 Å².